The van der Waals surface area contributed by atoms with Gasteiger partial charge in [-0.25, -0.2) is 8.42 Å². The van der Waals surface area contributed by atoms with E-state index in [1.807, 2.05) is 38.1 Å². The fraction of sp³-hybridized carbons (Fsp3) is 0.680. The van der Waals surface area contributed by atoms with E-state index in [-0.39, 0.29) is 43.6 Å². The van der Waals surface area contributed by atoms with Crippen LogP contribution in [0.5, 0.6) is 5.75 Å². The van der Waals surface area contributed by atoms with Gasteiger partial charge in [-0.2, -0.15) is 4.31 Å². The van der Waals surface area contributed by atoms with Crippen LogP contribution < -0.4 is 10.1 Å². The first-order valence-electron chi connectivity index (χ1n) is 12.3. The Bertz CT molecular complexity index is 955. The summed E-state index contributed by atoms with van der Waals surface area (Å²) in [7, 11) is -3.63. The number of amides is 2. The molecule has 1 unspecified atom stereocenters. The van der Waals surface area contributed by atoms with Gasteiger partial charge in [0.1, 0.15) is 11.3 Å². The van der Waals surface area contributed by atoms with Crippen LogP contribution in [0.15, 0.2) is 24.3 Å². The summed E-state index contributed by atoms with van der Waals surface area (Å²) in [6.45, 7) is 5.47. The van der Waals surface area contributed by atoms with E-state index in [2.05, 4.69) is 5.32 Å². The van der Waals surface area contributed by atoms with Crippen molar-refractivity contribution < 1.29 is 22.7 Å². The van der Waals surface area contributed by atoms with Gasteiger partial charge in [0.25, 0.3) is 0 Å². The first-order chi connectivity index (χ1) is 16.0. The lowest BCUT2D eigenvalue weighted by molar-refractivity contribution is -0.154. The van der Waals surface area contributed by atoms with Crippen LogP contribution in [0.3, 0.4) is 0 Å². The molecule has 34 heavy (non-hydrogen) atoms. The Labute approximate surface area is 204 Å². The van der Waals surface area contributed by atoms with Gasteiger partial charge < -0.3 is 15.0 Å². The molecule has 1 N–H and O–H groups in total. The number of piperazine rings is 1. The summed E-state index contributed by atoms with van der Waals surface area (Å²) in [5.41, 5.74) is -0.462. The van der Waals surface area contributed by atoms with Gasteiger partial charge >= 0.3 is 0 Å². The zero-order chi connectivity index (χ0) is 24.9. The number of carbonyl (C=O) groups is 2. The summed E-state index contributed by atoms with van der Waals surface area (Å²) in [4.78, 5) is 28.4. The molecule has 1 atom stereocenters. The largest absolute Gasteiger partial charge is 0.491 e. The van der Waals surface area contributed by atoms with Crippen LogP contribution in [0.1, 0.15) is 71.3 Å². The number of rotatable bonds is 7. The number of nitrogens with zero attached hydrogens (tertiary/aromatic N) is 2. The predicted octanol–water partition coefficient (Wildman–Crippen LogP) is 3.07. The van der Waals surface area contributed by atoms with Gasteiger partial charge in [0.05, 0.1) is 18.9 Å². The molecule has 0 bridgehead atoms. The van der Waals surface area contributed by atoms with Gasteiger partial charge in [-0.1, -0.05) is 44.2 Å². The summed E-state index contributed by atoms with van der Waals surface area (Å²) < 4.78 is 31.4. The average molecular weight is 494 g/mol. The quantitative estimate of drug-likeness (QED) is 0.630. The summed E-state index contributed by atoms with van der Waals surface area (Å²) in [6.07, 6.45) is 8.61. The van der Waals surface area contributed by atoms with E-state index in [1.54, 1.807) is 6.92 Å². The van der Waals surface area contributed by atoms with Crippen LogP contribution >= 0.6 is 0 Å². The van der Waals surface area contributed by atoms with Crippen LogP contribution in [0.25, 0.3) is 0 Å². The summed E-state index contributed by atoms with van der Waals surface area (Å²) in [5.74, 6) is 0.0609. The molecule has 190 valence electrons. The Morgan fingerprint density at radius 2 is 1.71 bits per heavy atom. The number of ether oxygens (including phenoxy) is 1. The van der Waals surface area contributed by atoms with Gasteiger partial charge in [-0.15, -0.1) is 0 Å². The van der Waals surface area contributed by atoms with E-state index in [0.29, 0.717) is 0 Å². The van der Waals surface area contributed by atoms with Gasteiger partial charge in [0.15, 0.2) is 0 Å². The molecule has 0 spiro atoms. The minimum absolute atomic E-state index is 0.0441. The molecular formula is C25H39N3O5S. The van der Waals surface area contributed by atoms with Crippen LogP contribution in [0.2, 0.25) is 0 Å². The Hall–Kier alpha value is -2.13. The molecule has 1 aromatic carbocycles. The molecule has 9 heteroatoms. The van der Waals surface area contributed by atoms with E-state index < -0.39 is 15.6 Å². The molecule has 0 radical (unpaired) electrons. The lowest BCUT2D eigenvalue weighted by atomic mass is 9.92. The highest BCUT2D eigenvalue weighted by atomic mass is 32.2. The first kappa shape index (κ1) is 26.5. The molecule has 0 aromatic heterocycles. The third-order valence-electron chi connectivity index (χ3n) is 6.73. The fourth-order valence-corrected chi connectivity index (χ4v) is 5.59. The van der Waals surface area contributed by atoms with Gasteiger partial charge in [-0.3, -0.25) is 9.59 Å². The smallest absolute Gasteiger partial charge is 0.247 e. The zero-order valence-corrected chi connectivity index (χ0v) is 21.7. The molecule has 1 aromatic rings. The molecular weight excluding hydrogens is 454 g/mol. The highest BCUT2D eigenvalue weighted by molar-refractivity contribution is 7.88. The van der Waals surface area contributed by atoms with E-state index >= 15 is 0 Å². The number of nitrogens with one attached hydrogen (secondary N) is 1. The minimum Gasteiger partial charge on any atom is -0.491 e. The Morgan fingerprint density at radius 1 is 1.12 bits per heavy atom. The van der Waals surface area contributed by atoms with Crippen LogP contribution in [0.4, 0.5) is 0 Å². The van der Waals surface area contributed by atoms with Crippen LogP contribution in [0, 0.1) is 0 Å². The van der Waals surface area contributed by atoms with E-state index in [0.717, 1.165) is 60.4 Å². The van der Waals surface area contributed by atoms with Crippen molar-refractivity contribution in [1.29, 1.82) is 0 Å². The standard InChI is InChI=1S/C25H39N3O5S/c1-19(2)33-22-14-12-20(13-15-22)16-28-23(29)17-27(34(4,31)32)18-25(28,3)24(30)26-21-10-8-6-5-7-9-11-21/h12-15,19,21H,5-11,16-18H2,1-4H3,(H,26,30). The highest BCUT2D eigenvalue weighted by Crippen LogP contribution is 2.28. The summed E-state index contributed by atoms with van der Waals surface area (Å²) in [5, 5.41) is 3.16. The second-order valence-corrected chi connectivity index (χ2v) is 12.1. The Morgan fingerprint density at radius 3 is 2.26 bits per heavy atom. The second-order valence-electron chi connectivity index (χ2n) is 10.1. The monoisotopic (exact) mass is 493 g/mol. The molecule has 2 aliphatic rings. The van der Waals surface area contributed by atoms with Crippen molar-refractivity contribution >= 4 is 21.8 Å². The lowest BCUT2D eigenvalue weighted by Gasteiger charge is -2.47. The maximum Gasteiger partial charge on any atom is 0.247 e. The minimum atomic E-state index is -3.63. The van der Waals surface area contributed by atoms with Gasteiger partial charge in [-0.05, 0) is 51.3 Å². The number of carbonyl (C=O) groups excluding carboxylic acids is 2. The SMILES string of the molecule is CC(C)Oc1ccc(CN2C(=O)CN(S(C)(=O)=O)CC2(C)C(=O)NC2CCCCCCC2)cc1. The molecule has 1 saturated heterocycles. The third kappa shape index (κ3) is 6.72. The Balaban J connectivity index is 1.84. The molecule has 8 nitrogen and oxygen atoms in total. The van der Waals surface area contributed by atoms with E-state index in [4.69, 9.17) is 4.74 Å². The van der Waals surface area contributed by atoms with Crippen molar-refractivity contribution in [1.82, 2.24) is 14.5 Å². The molecule has 3 rings (SSSR count). The van der Waals surface area contributed by atoms with Crippen molar-refractivity contribution in [2.24, 2.45) is 0 Å². The van der Waals surface area contributed by atoms with Gasteiger partial charge in [0.2, 0.25) is 21.8 Å². The van der Waals surface area contributed by atoms with Crippen LogP contribution in [-0.2, 0) is 26.2 Å². The summed E-state index contributed by atoms with van der Waals surface area (Å²) >= 11 is 0. The molecule has 1 aliphatic carbocycles. The number of sulfonamides is 1. The number of hydrogen-bond donors (Lipinski definition) is 1. The topological polar surface area (TPSA) is 96.0 Å². The van der Waals surface area contributed by atoms with Crippen molar-refractivity contribution in [3.8, 4) is 5.75 Å². The zero-order valence-electron chi connectivity index (χ0n) is 20.9. The fourth-order valence-electron chi connectivity index (χ4n) is 4.76. The third-order valence-corrected chi connectivity index (χ3v) is 7.92. The predicted molar refractivity (Wildman–Crippen MR) is 132 cm³/mol. The summed E-state index contributed by atoms with van der Waals surface area (Å²) in [6, 6.07) is 7.49. The second kappa shape index (κ2) is 11.1. The van der Waals surface area contributed by atoms with Crippen molar-refractivity contribution in [3.63, 3.8) is 0 Å². The maximum absolute atomic E-state index is 13.6. The molecule has 2 amide bonds. The number of benzene rings is 1. The van der Waals surface area contributed by atoms with Gasteiger partial charge in [0, 0.05) is 19.1 Å². The highest BCUT2D eigenvalue weighted by Gasteiger charge is 2.49. The lowest BCUT2D eigenvalue weighted by Crippen LogP contribution is -2.69. The van der Waals surface area contributed by atoms with Crippen LogP contribution in [-0.4, -0.2) is 66.5 Å². The maximum atomic E-state index is 13.6. The first-order valence-corrected chi connectivity index (χ1v) is 14.2. The number of hydrogen-bond acceptors (Lipinski definition) is 5. The molecule has 1 heterocycles. The van der Waals surface area contributed by atoms with E-state index in [9.17, 15) is 18.0 Å². The normalized spacial score (nSPS) is 23.4. The molecule has 1 saturated carbocycles. The molecule has 2 fully saturated rings. The Kier molecular flexibility index (Phi) is 8.62. The average Bonchev–Trinajstić information content (AvgIpc) is 2.72. The molecule has 1 aliphatic heterocycles. The van der Waals surface area contributed by atoms with Crippen molar-refractivity contribution in [2.75, 3.05) is 19.3 Å². The van der Waals surface area contributed by atoms with Crippen molar-refractivity contribution in [2.45, 2.75) is 89.9 Å². The van der Waals surface area contributed by atoms with E-state index in [1.165, 1.54) is 11.3 Å². The van der Waals surface area contributed by atoms with Crippen molar-refractivity contribution in [3.05, 3.63) is 29.8 Å².